The van der Waals surface area contributed by atoms with Gasteiger partial charge in [0.2, 0.25) is 0 Å². The summed E-state index contributed by atoms with van der Waals surface area (Å²) in [6, 6.07) is 33.5. The highest BCUT2D eigenvalue weighted by molar-refractivity contribution is 5.95. The molecule has 2 aliphatic rings. The quantitative estimate of drug-likeness (QED) is 0.0122. The molecule has 88 heavy (non-hydrogen) atoms. The van der Waals surface area contributed by atoms with Crippen LogP contribution in [0.3, 0.4) is 0 Å². The van der Waals surface area contributed by atoms with Crippen molar-refractivity contribution in [2.75, 3.05) is 39.6 Å². The summed E-state index contributed by atoms with van der Waals surface area (Å²) in [5, 5.41) is 0. The first-order valence-corrected chi connectivity index (χ1v) is 27.0. The van der Waals surface area contributed by atoms with Crippen molar-refractivity contribution >= 4 is 60.1 Å². The number of hydrogen-bond donors (Lipinski definition) is 0. The summed E-state index contributed by atoms with van der Waals surface area (Å²) >= 11 is 0. The van der Waals surface area contributed by atoms with E-state index in [9.17, 15) is 47.9 Å². The van der Waals surface area contributed by atoms with E-state index < -0.39 is 84.5 Å². The largest absolute Gasteiger partial charge is 0.513 e. The van der Waals surface area contributed by atoms with E-state index in [1.165, 1.54) is 146 Å². The molecule has 454 valence electrons. The minimum absolute atomic E-state index is 0.0405. The number of esters is 8. The molecule has 0 saturated carbocycles. The van der Waals surface area contributed by atoms with Crippen molar-refractivity contribution in [3.05, 3.63) is 204 Å². The lowest BCUT2D eigenvalue weighted by molar-refractivity contribution is -0.138. The predicted octanol–water partition coefficient (Wildman–Crippen LogP) is 9.16. The van der Waals surface area contributed by atoms with Gasteiger partial charge in [-0.25, -0.2) is 47.9 Å². The van der Waals surface area contributed by atoms with Gasteiger partial charge in [-0.15, -0.1) is 0 Å². The topological polar surface area (TPSA) is 300 Å². The van der Waals surface area contributed by atoms with E-state index in [-0.39, 0.29) is 108 Å². The molecule has 6 aromatic rings. The summed E-state index contributed by atoms with van der Waals surface area (Å²) in [6.07, 6.45) is -1.17. The second-order valence-electron chi connectivity index (χ2n) is 18.7. The molecular weight excluding hydrogens is 1150 g/mol. The molecule has 0 radical (unpaired) electrons. The summed E-state index contributed by atoms with van der Waals surface area (Å²) in [5.74, 6) is -4.71. The van der Waals surface area contributed by atoms with Crippen LogP contribution in [0.1, 0.15) is 87.8 Å². The van der Waals surface area contributed by atoms with Crippen LogP contribution in [0.5, 0.6) is 34.5 Å². The highest BCUT2D eigenvalue weighted by Crippen LogP contribution is 2.32. The molecule has 0 bridgehead atoms. The summed E-state index contributed by atoms with van der Waals surface area (Å²) in [4.78, 5) is 124. The lowest BCUT2D eigenvalue weighted by Gasteiger charge is -2.17. The first kappa shape index (κ1) is 63.1. The highest BCUT2D eigenvalue weighted by Gasteiger charge is 2.51. The van der Waals surface area contributed by atoms with E-state index in [1.54, 1.807) is 0 Å². The summed E-state index contributed by atoms with van der Waals surface area (Å²) in [6.45, 7) is 6.91. The maximum atomic E-state index is 13.2. The van der Waals surface area contributed by atoms with Crippen molar-refractivity contribution in [3.8, 4) is 34.5 Å². The third kappa shape index (κ3) is 18.5. The molecule has 2 heterocycles. The number of rotatable bonds is 26. The smallest absolute Gasteiger partial charge is 0.463 e. The van der Waals surface area contributed by atoms with E-state index in [2.05, 4.69) is 13.2 Å². The Bertz CT molecular complexity index is 3250. The Kier molecular flexibility index (Phi) is 22.4. The van der Waals surface area contributed by atoms with Crippen molar-refractivity contribution in [1.82, 2.24) is 0 Å². The number of fused-ring (bicyclic) bond motifs is 1. The summed E-state index contributed by atoms with van der Waals surface area (Å²) in [5.41, 5.74) is 0.808. The minimum atomic E-state index is -0.952. The molecule has 0 aromatic heterocycles. The maximum Gasteiger partial charge on any atom is 0.513 e. The minimum Gasteiger partial charge on any atom is -0.463 e. The molecule has 0 N–H and O–H groups in total. The molecule has 0 aliphatic carbocycles. The number of hydrogen-bond acceptors (Lipinski definition) is 24. The van der Waals surface area contributed by atoms with Crippen LogP contribution in [0.15, 0.2) is 171 Å². The maximum absolute atomic E-state index is 13.2. The number of benzene rings is 6. The third-order valence-corrected chi connectivity index (χ3v) is 12.6. The number of carbonyl (C=O) groups is 10. The van der Waals surface area contributed by atoms with Crippen LogP contribution in [-0.4, -0.2) is 124 Å². The number of unbranched alkanes of at least 4 members (excludes halogenated alkanes) is 2. The summed E-state index contributed by atoms with van der Waals surface area (Å²) in [7, 11) is 0. The molecule has 6 aromatic carbocycles. The zero-order chi connectivity index (χ0) is 62.4. The predicted molar refractivity (Wildman–Crippen MR) is 301 cm³/mol. The lowest BCUT2D eigenvalue weighted by atomic mass is 10.1. The average Bonchev–Trinajstić information content (AvgIpc) is 2.18. The fraction of sp³-hybridized carbons (Fsp3) is 0.219. The second kappa shape index (κ2) is 31.2. The standard InChI is InChI=1S/C64H54O24/c1-3-53(65)75-33-5-7-35-77-63(73)85-49-29-17-41(18-30-49)59(69)81-45-21-9-39(10-22-45)57(67)83-47-25-13-43(14-26-47)61(71)87-51-37-79-56-52(38-80-55(51)56)88-62(72)44-15-27-48(28-16-44)84-58(68)40-11-23-46(24-12-40)82-60(70)42-19-31-50(32-20-42)86-64(74)78-36-8-6-34-76-54(66)4-2/h3-4,9-32,51-52,55-56H,1-2,5-8,33-38H2/t51-,52-,55?,56?/m0/s1. The van der Waals surface area contributed by atoms with Gasteiger partial charge in [-0.1, -0.05) is 13.2 Å². The van der Waals surface area contributed by atoms with Gasteiger partial charge < -0.3 is 66.3 Å². The molecule has 4 atom stereocenters. The van der Waals surface area contributed by atoms with Gasteiger partial charge in [0.05, 0.1) is 73.0 Å². The molecule has 2 fully saturated rings. The normalized spacial score (nSPS) is 15.3. The van der Waals surface area contributed by atoms with Gasteiger partial charge in [-0.2, -0.15) is 0 Å². The van der Waals surface area contributed by atoms with Crippen LogP contribution < -0.4 is 28.4 Å². The zero-order valence-electron chi connectivity index (χ0n) is 46.6. The Hall–Kier alpha value is -11.0. The molecule has 0 spiro atoms. The summed E-state index contributed by atoms with van der Waals surface area (Å²) < 4.78 is 74.8. The van der Waals surface area contributed by atoms with E-state index in [1.807, 2.05) is 0 Å². The fourth-order valence-corrected chi connectivity index (χ4v) is 8.09. The van der Waals surface area contributed by atoms with Crippen LogP contribution >= 0.6 is 0 Å². The van der Waals surface area contributed by atoms with Gasteiger partial charge in [0, 0.05) is 12.2 Å². The van der Waals surface area contributed by atoms with Gasteiger partial charge in [-0.05, 0) is 171 Å². The van der Waals surface area contributed by atoms with E-state index in [0.717, 1.165) is 12.2 Å². The van der Waals surface area contributed by atoms with Gasteiger partial charge in [-0.3, -0.25) is 0 Å². The Balaban J connectivity index is 0.707. The van der Waals surface area contributed by atoms with Crippen molar-refractivity contribution in [2.45, 2.75) is 50.1 Å². The molecule has 2 unspecified atom stereocenters. The number of carbonyl (C=O) groups excluding carboxylic acids is 10. The Morgan fingerprint density at radius 2 is 0.557 bits per heavy atom. The molecule has 2 saturated heterocycles. The fourth-order valence-electron chi connectivity index (χ4n) is 8.09. The Morgan fingerprint density at radius 1 is 0.330 bits per heavy atom. The van der Waals surface area contributed by atoms with Gasteiger partial charge in [0.25, 0.3) is 0 Å². The first-order valence-electron chi connectivity index (χ1n) is 27.0. The molecular formula is C64H54O24. The van der Waals surface area contributed by atoms with E-state index >= 15 is 0 Å². The monoisotopic (exact) mass is 1210 g/mol. The molecule has 24 heteroatoms. The average molecular weight is 1210 g/mol. The molecule has 2 aliphatic heterocycles. The first-order chi connectivity index (χ1) is 42.6. The third-order valence-electron chi connectivity index (χ3n) is 12.6. The van der Waals surface area contributed by atoms with Crippen molar-refractivity contribution < 1.29 is 114 Å². The van der Waals surface area contributed by atoms with Crippen molar-refractivity contribution in [2.24, 2.45) is 0 Å². The van der Waals surface area contributed by atoms with Crippen LogP contribution in [0, 0.1) is 0 Å². The van der Waals surface area contributed by atoms with Crippen LogP contribution in [0.2, 0.25) is 0 Å². The van der Waals surface area contributed by atoms with Gasteiger partial charge >= 0.3 is 60.1 Å². The second-order valence-corrected chi connectivity index (χ2v) is 18.7. The van der Waals surface area contributed by atoms with E-state index in [0.29, 0.717) is 25.7 Å². The van der Waals surface area contributed by atoms with Crippen molar-refractivity contribution in [1.29, 1.82) is 0 Å². The Morgan fingerprint density at radius 3 is 0.807 bits per heavy atom. The number of ether oxygens (including phenoxy) is 14. The lowest BCUT2D eigenvalue weighted by Crippen LogP contribution is -2.36. The van der Waals surface area contributed by atoms with Gasteiger partial charge in [0.1, 0.15) is 46.7 Å². The van der Waals surface area contributed by atoms with Crippen LogP contribution in [0.4, 0.5) is 9.59 Å². The van der Waals surface area contributed by atoms with Gasteiger partial charge in [0.15, 0.2) is 12.2 Å². The molecule has 8 rings (SSSR count). The molecule has 24 nitrogen and oxygen atoms in total. The zero-order valence-corrected chi connectivity index (χ0v) is 46.6. The Labute approximate surface area is 501 Å². The molecule has 0 amide bonds. The van der Waals surface area contributed by atoms with Crippen LogP contribution in [-0.2, 0) is 47.5 Å². The van der Waals surface area contributed by atoms with Crippen LogP contribution in [0.25, 0.3) is 0 Å². The van der Waals surface area contributed by atoms with Crippen molar-refractivity contribution in [3.63, 3.8) is 0 Å². The SMILES string of the molecule is C=CC(=O)OCCCCOC(=O)Oc1ccc(C(=O)Oc2ccc(C(=O)Oc3ccc(C(=O)O[C@H]4COC5C4OC[C@@H]5OC(=O)c4ccc(OC(=O)c5ccc(OC(=O)c6ccc(OC(=O)OCCCCOC(=O)C=C)cc6)cc5)cc4)cc3)cc2)cc1. The highest BCUT2D eigenvalue weighted by atomic mass is 16.7. The van der Waals surface area contributed by atoms with E-state index in [4.69, 9.17) is 66.3 Å².